The van der Waals surface area contributed by atoms with E-state index in [1.165, 1.54) is 5.56 Å². The summed E-state index contributed by atoms with van der Waals surface area (Å²) >= 11 is 3.42. The monoisotopic (exact) mass is 346 g/mol. The van der Waals surface area contributed by atoms with Gasteiger partial charge in [0.1, 0.15) is 12.4 Å². The molecule has 108 valence electrons. The van der Waals surface area contributed by atoms with Gasteiger partial charge in [-0.3, -0.25) is 4.40 Å². The van der Waals surface area contributed by atoms with E-state index in [9.17, 15) is 0 Å². The van der Waals surface area contributed by atoms with Gasteiger partial charge < -0.3 is 10.5 Å². The van der Waals surface area contributed by atoms with E-state index in [1.54, 1.807) is 6.07 Å². The summed E-state index contributed by atoms with van der Waals surface area (Å²) in [5.74, 6) is 1.54. The Morgan fingerprint density at radius 1 is 1.29 bits per heavy atom. The van der Waals surface area contributed by atoms with Gasteiger partial charge in [0, 0.05) is 10.7 Å². The lowest BCUT2D eigenvalue weighted by molar-refractivity contribution is 0.294. The van der Waals surface area contributed by atoms with Crippen molar-refractivity contribution in [3.8, 4) is 5.75 Å². The van der Waals surface area contributed by atoms with Crippen LogP contribution in [-0.4, -0.2) is 14.6 Å². The maximum Gasteiger partial charge on any atom is 0.184 e. The molecule has 0 aliphatic heterocycles. The molecule has 2 aromatic heterocycles. The minimum absolute atomic E-state index is 0.338. The van der Waals surface area contributed by atoms with E-state index in [2.05, 4.69) is 39.1 Å². The third kappa shape index (κ3) is 2.85. The lowest BCUT2D eigenvalue weighted by Crippen LogP contribution is -2.02. The molecule has 0 saturated carbocycles. The molecule has 0 bridgehead atoms. The Bertz CT molecular complexity index is 784. The fraction of sp³-hybridized carbons (Fsp3) is 0.200. The lowest BCUT2D eigenvalue weighted by atomic mass is 10.2. The van der Waals surface area contributed by atoms with E-state index < -0.39 is 0 Å². The lowest BCUT2D eigenvalue weighted by Gasteiger charge is -2.07. The van der Waals surface area contributed by atoms with E-state index in [0.29, 0.717) is 23.8 Å². The fourth-order valence-corrected chi connectivity index (χ4v) is 2.58. The second-order valence-corrected chi connectivity index (χ2v) is 5.63. The van der Waals surface area contributed by atoms with Crippen LogP contribution in [0.1, 0.15) is 18.3 Å². The van der Waals surface area contributed by atoms with E-state index in [0.717, 1.165) is 16.6 Å². The number of aromatic nitrogens is 3. The van der Waals surface area contributed by atoms with Crippen LogP contribution in [0.2, 0.25) is 0 Å². The predicted molar refractivity (Wildman–Crippen MR) is 85.3 cm³/mol. The van der Waals surface area contributed by atoms with Crippen LogP contribution >= 0.6 is 15.9 Å². The summed E-state index contributed by atoms with van der Waals surface area (Å²) in [6, 6.07) is 9.85. The number of nitrogen functional groups attached to an aromatic ring is 1. The Balaban J connectivity index is 1.85. The van der Waals surface area contributed by atoms with Crippen molar-refractivity contribution < 1.29 is 4.74 Å². The van der Waals surface area contributed by atoms with Crippen molar-refractivity contribution in [1.29, 1.82) is 0 Å². The van der Waals surface area contributed by atoms with Crippen molar-refractivity contribution in [2.75, 3.05) is 5.73 Å². The van der Waals surface area contributed by atoms with Crippen molar-refractivity contribution in [1.82, 2.24) is 14.6 Å². The summed E-state index contributed by atoms with van der Waals surface area (Å²) in [4.78, 5) is 0. The minimum Gasteiger partial charge on any atom is -0.486 e. The Kier molecular flexibility index (Phi) is 3.79. The van der Waals surface area contributed by atoms with Crippen molar-refractivity contribution in [2.45, 2.75) is 20.0 Å². The molecule has 3 aromatic rings. The molecule has 5 nitrogen and oxygen atoms in total. The number of anilines is 1. The molecule has 0 aliphatic rings. The van der Waals surface area contributed by atoms with Gasteiger partial charge in [-0.15, -0.1) is 10.2 Å². The number of fused-ring (bicyclic) bond motifs is 1. The predicted octanol–water partition coefficient (Wildman–Crippen LogP) is 3.22. The van der Waals surface area contributed by atoms with E-state index in [4.69, 9.17) is 10.5 Å². The highest BCUT2D eigenvalue weighted by molar-refractivity contribution is 9.10. The highest BCUT2D eigenvalue weighted by atomic mass is 79.9. The first kappa shape index (κ1) is 13.9. The number of hydrogen-bond donors (Lipinski definition) is 1. The first-order valence-electron chi connectivity index (χ1n) is 6.67. The molecule has 3 rings (SSSR count). The van der Waals surface area contributed by atoms with Crippen molar-refractivity contribution in [2.24, 2.45) is 0 Å². The standard InChI is InChI=1S/C15H15BrN4O/c1-2-10-4-3-5-12(6-10)21-9-14-18-19-15-13(17)7-11(16)8-20(14)15/h3-8H,2,9,17H2,1H3. The third-order valence-electron chi connectivity index (χ3n) is 3.25. The molecular formula is C15H15BrN4O. The van der Waals surface area contributed by atoms with Crippen LogP contribution in [0, 0.1) is 0 Å². The maximum absolute atomic E-state index is 5.92. The van der Waals surface area contributed by atoms with Gasteiger partial charge >= 0.3 is 0 Å². The molecule has 0 amide bonds. The highest BCUT2D eigenvalue weighted by Gasteiger charge is 2.09. The van der Waals surface area contributed by atoms with Gasteiger partial charge in [-0.2, -0.15) is 0 Å². The van der Waals surface area contributed by atoms with Gasteiger partial charge in [0.2, 0.25) is 0 Å². The number of nitrogens with zero attached hydrogens (tertiary/aromatic N) is 3. The molecule has 2 N–H and O–H groups in total. The number of aryl methyl sites for hydroxylation is 1. The van der Waals surface area contributed by atoms with Gasteiger partial charge in [-0.1, -0.05) is 19.1 Å². The molecule has 6 heteroatoms. The molecule has 0 atom stereocenters. The number of halogens is 1. The molecule has 0 fully saturated rings. The largest absolute Gasteiger partial charge is 0.486 e. The summed E-state index contributed by atoms with van der Waals surface area (Å²) in [5, 5.41) is 8.23. The Morgan fingerprint density at radius 3 is 2.95 bits per heavy atom. The number of pyridine rings is 1. The molecular weight excluding hydrogens is 332 g/mol. The maximum atomic E-state index is 5.92. The fourth-order valence-electron chi connectivity index (χ4n) is 2.13. The molecule has 0 aliphatic carbocycles. The van der Waals surface area contributed by atoms with Gasteiger partial charge in [0.15, 0.2) is 11.5 Å². The van der Waals surface area contributed by atoms with E-state index >= 15 is 0 Å². The van der Waals surface area contributed by atoms with Crippen molar-refractivity contribution in [3.05, 3.63) is 52.4 Å². The van der Waals surface area contributed by atoms with Crippen LogP contribution in [0.4, 0.5) is 5.69 Å². The van der Waals surface area contributed by atoms with E-state index in [1.807, 2.05) is 28.8 Å². The van der Waals surface area contributed by atoms with Crippen LogP contribution < -0.4 is 10.5 Å². The molecule has 0 spiro atoms. The quantitative estimate of drug-likeness (QED) is 0.787. The average molecular weight is 347 g/mol. The van der Waals surface area contributed by atoms with Gasteiger partial charge in [0.25, 0.3) is 0 Å². The van der Waals surface area contributed by atoms with Gasteiger partial charge in [-0.05, 0) is 46.1 Å². The van der Waals surface area contributed by atoms with Crippen LogP contribution in [-0.2, 0) is 13.0 Å². The summed E-state index contributed by atoms with van der Waals surface area (Å²) in [6.45, 7) is 2.45. The van der Waals surface area contributed by atoms with Gasteiger partial charge in [-0.25, -0.2) is 0 Å². The molecule has 0 saturated heterocycles. The summed E-state index contributed by atoms with van der Waals surface area (Å²) in [7, 11) is 0. The van der Waals surface area contributed by atoms with Crippen LogP contribution in [0.15, 0.2) is 41.0 Å². The molecule has 0 unspecified atom stereocenters. The summed E-state index contributed by atoms with van der Waals surface area (Å²) in [6.07, 6.45) is 2.86. The van der Waals surface area contributed by atoms with Crippen LogP contribution in [0.5, 0.6) is 5.75 Å². The first-order valence-corrected chi connectivity index (χ1v) is 7.47. The molecule has 2 heterocycles. The molecule has 1 aromatic carbocycles. The Morgan fingerprint density at radius 2 is 2.14 bits per heavy atom. The van der Waals surface area contributed by atoms with Gasteiger partial charge in [0.05, 0.1) is 5.69 Å². The highest BCUT2D eigenvalue weighted by Crippen LogP contribution is 2.20. The third-order valence-corrected chi connectivity index (χ3v) is 3.68. The second kappa shape index (κ2) is 5.73. The molecule has 0 radical (unpaired) electrons. The minimum atomic E-state index is 0.338. The summed E-state index contributed by atoms with van der Waals surface area (Å²) in [5.41, 5.74) is 8.38. The SMILES string of the molecule is CCc1cccc(OCc2nnc3c(N)cc(Br)cn23)c1. The molecule has 21 heavy (non-hydrogen) atoms. The normalized spacial score (nSPS) is 11.0. The summed E-state index contributed by atoms with van der Waals surface area (Å²) < 4.78 is 8.51. The van der Waals surface area contributed by atoms with Crippen LogP contribution in [0.3, 0.4) is 0 Å². The smallest absolute Gasteiger partial charge is 0.184 e. The zero-order chi connectivity index (χ0) is 14.8. The number of hydrogen-bond acceptors (Lipinski definition) is 4. The number of benzene rings is 1. The average Bonchev–Trinajstić information content (AvgIpc) is 2.88. The number of rotatable bonds is 4. The second-order valence-electron chi connectivity index (χ2n) is 4.71. The van der Waals surface area contributed by atoms with E-state index in [-0.39, 0.29) is 0 Å². The first-order chi connectivity index (χ1) is 10.2. The zero-order valence-corrected chi connectivity index (χ0v) is 13.2. The van der Waals surface area contributed by atoms with Crippen LogP contribution in [0.25, 0.3) is 5.65 Å². The topological polar surface area (TPSA) is 65.4 Å². The number of nitrogens with two attached hydrogens (primary N) is 1. The van der Waals surface area contributed by atoms with Crippen molar-refractivity contribution >= 4 is 27.3 Å². The Hall–Kier alpha value is -2.08. The Labute approximate surface area is 130 Å². The number of ether oxygens (including phenoxy) is 1. The van der Waals surface area contributed by atoms with Crippen molar-refractivity contribution in [3.63, 3.8) is 0 Å². The zero-order valence-electron chi connectivity index (χ0n) is 11.6.